The largest absolute Gasteiger partial charge is 0.344 e. The molecule has 1 aromatic carbocycles. The minimum absolute atomic E-state index is 0.0410. The maximum Gasteiger partial charge on any atom is 0.268 e. The summed E-state index contributed by atoms with van der Waals surface area (Å²) in [6, 6.07) is 15.8. The van der Waals surface area contributed by atoms with Crippen molar-refractivity contribution in [2.24, 2.45) is 0 Å². The molecule has 0 spiro atoms. The van der Waals surface area contributed by atoms with Crippen molar-refractivity contribution in [3.63, 3.8) is 0 Å². The van der Waals surface area contributed by atoms with Crippen molar-refractivity contribution in [3.05, 3.63) is 80.7 Å². The van der Waals surface area contributed by atoms with E-state index < -0.39 is 0 Å². The number of hydrogen-bond donors (Lipinski definition) is 1. The van der Waals surface area contributed by atoms with Gasteiger partial charge in [0, 0.05) is 15.5 Å². The summed E-state index contributed by atoms with van der Waals surface area (Å²) in [6.45, 7) is 2.72. The van der Waals surface area contributed by atoms with E-state index in [0.29, 0.717) is 5.69 Å². The fourth-order valence-electron chi connectivity index (χ4n) is 2.43. The second-order valence-corrected chi connectivity index (χ2v) is 7.30. The number of nitrogens with zero attached hydrogens (tertiary/aromatic N) is 1. The smallest absolute Gasteiger partial charge is 0.268 e. The molecule has 118 valence electrons. The van der Waals surface area contributed by atoms with E-state index >= 15 is 0 Å². The van der Waals surface area contributed by atoms with Gasteiger partial charge in [0.15, 0.2) is 0 Å². The van der Waals surface area contributed by atoms with Gasteiger partial charge < -0.3 is 9.88 Å². The molecule has 1 unspecified atom stereocenters. The number of thiophene rings is 1. The third kappa shape index (κ3) is 3.92. The molecule has 2 heterocycles. The van der Waals surface area contributed by atoms with Crippen LogP contribution in [0.2, 0.25) is 0 Å². The van der Waals surface area contributed by atoms with Gasteiger partial charge in [-0.2, -0.15) is 0 Å². The van der Waals surface area contributed by atoms with Crippen LogP contribution < -0.4 is 5.32 Å². The molecule has 0 aliphatic rings. The number of benzene rings is 1. The van der Waals surface area contributed by atoms with Crippen LogP contribution in [0.25, 0.3) is 0 Å². The van der Waals surface area contributed by atoms with Gasteiger partial charge in [-0.05, 0) is 48.2 Å². The monoisotopic (exact) mass is 388 g/mol. The molecule has 1 N–H and O–H groups in total. The van der Waals surface area contributed by atoms with Gasteiger partial charge in [0.05, 0.1) is 12.6 Å². The highest BCUT2D eigenvalue weighted by molar-refractivity contribution is 9.10. The van der Waals surface area contributed by atoms with E-state index in [2.05, 4.69) is 27.3 Å². The van der Waals surface area contributed by atoms with E-state index in [1.54, 1.807) is 11.3 Å². The van der Waals surface area contributed by atoms with Gasteiger partial charge in [-0.1, -0.05) is 34.1 Å². The molecule has 3 aromatic rings. The van der Waals surface area contributed by atoms with Crippen LogP contribution in [-0.4, -0.2) is 10.5 Å². The summed E-state index contributed by atoms with van der Waals surface area (Å²) in [5, 5.41) is 5.12. The summed E-state index contributed by atoms with van der Waals surface area (Å²) < 4.78 is 3.01. The molecule has 3 rings (SSSR count). The second-order valence-electron chi connectivity index (χ2n) is 5.35. The van der Waals surface area contributed by atoms with Crippen LogP contribution in [0.1, 0.15) is 33.9 Å². The Kier molecular flexibility index (Phi) is 4.98. The summed E-state index contributed by atoms with van der Waals surface area (Å²) in [7, 11) is 0. The molecule has 0 aliphatic carbocycles. The highest BCUT2D eigenvalue weighted by Gasteiger charge is 2.15. The lowest BCUT2D eigenvalue weighted by molar-refractivity contribution is 0.0931. The number of halogens is 1. The molecule has 0 aliphatic heterocycles. The maximum atomic E-state index is 12.6. The van der Waals surface area contributed by atoms with Crippen LogP contribution >= 0.6 is 27.3 Å². The van der Waals surface area contributed by atoms with Crippen molar-refractivity contribution in [1.82, 2.24) is 9.88 Å². The topological polar surface area (TPSA) is 34.0 Å². The van der Waals surface area contributed by atoms with Crippen molar-refractivity contribution in [2.45, 2.75) is 19.5 Å². The van der Waals surface area contributed by atoms with E-state index in [9.17, 15) is 4.79 Å². The molecule has 0 saturated carbocycles. The van der Waals surface area contributed by atoms with E-state index in [4.69, 9.17) is 0 Å². The lowest BCUT2D eigenvalue weighted by Crippen LogP contribution is -2.28. The van der Waals surface area contributed by atoms with Crippen LogP contribution in [0.5, 0.6) is 0 Å². The lowest BCUT2D eigenvalue weighted by Gasteiger charge is -2.15. The Labute approximate surface area is 148 Å². The average molecular weight is 389 g/mol. The molecule has 3 nitrogen and oxygen atoms in total. The first-order valence-electron chi connectivity index (χ1n) is 7.37. The lowest BCUT2D eigenvalue weighted by atomic mass is 10.1. The van der Waals surface area contributed by atoms with Gasteiger partial charge in [-0.3, -0.25) is 4.79 Å². The number of carbonyl (C=O) groups excluding carboxylic acids is 1. The Bertz CT molecular complexity index is 778. The fourth-order valence-corrected chi connectivity index (χ4v) is 3.40. The van der Waals surface area contributed by atoms with Crippen molar-refractivity contribution >= 4 is 33.2 Å². The second kappa shape index (κ2) is 7.15. The number of aromatic nitrogens is 1. The Morgan fingerprint density at radius 1 is 1.22 bits per heavy atom. The molecule has 23 heavy (non-hydrogen) atoms. The predicted octanol–water partition coefficient (Wildman–Crippen LogP) is 4.85. The van der Waals surface area contributed by atoms with E-state index in [1.165, 1.54) is 4.88 Å². The predicted molar refractivity (Wildman–Crippen MR) is 97.9 cm³/mol. The Hall–Kier alpha value is -1.85. The molecule has 0 saturated heterocycles. The van der Waals surface area contributed by atoms with E-state index in [-0.39, 0.29) is 11.9 Å². The van der Waals surface area contributed by atoms with Gasteiger partial charge in [-0.15, -0.1) is 11.3 Å². The quantitative estimate of drug-likeness (QED) is 0.665. The first kappa shape index (κ1) is 16.0. The molecule has 1 atom stereocenters. The number of hydrogen-bond acceptors (Lipinski definition) is 2. The first-order chi connectivity index (χ1) is 11.1. The Balaban J connectivity index is 1.71. The average Bonchev–Trinajstić information content (AvgIpc) is 3.20. The molecular formula is C18H17BrN2OS. The number of nitrogens with one attached hydrogen (secondary N) is 1. The molecule has 0 radical (unpaired) electrons. The minimum atomic E-state index is -0.0537. The highest BCUT2D eigenvalue weighted by atomic mass is 79.9. The van der Waals surface area contributed by atoms with Crippen LogP contribution in [0.4, 0.5) is 0 Å². The van der Waals surface area contributed by atoms with Crippen molar-refractivity contribution < 1.29 is 4.79 Å². The van der Waals surface area contributed by atoms with Crippen molar-refractivity contribution in [2.75, 3.05) is 0 Å². The van der Waals surface area contributed by atoms with Gasteiger partial charge in [0.2, 0.25) is 0 Å². The van der Waals surface area contributed by atoms with Crippen LogP contribution in [0.15, 0.2) is 64.6 Å². The van der Waals surface area contributed by atoms with Crippen LogP contribution in [0, 0.1) is 0 Å². The normalized spacial score (nSPS) is 12.1. The van der Waals surface area contributed by atoms with Crippen LogP contribution in [0.3, 0.4) is 0 Å². The minimum Gasteiger partial charge on any atom is -0.344 e. The zero-order valence-corrected chi connectivity index (χ0v) is 15.1. The number of carbonyl (C=O) groups is 1. The Morgan fingerprint density at radius 3 is 2.70 bits per heavy atom. The van der Waals surface area contributed by atoms with E-state index in [1.807, 2.05) is 65.5 Å². The molecule has 0 fully saturated rings. The summed E-state index contributed by atoms with van der Waals surface area (Å²) >= 11 is 5.12. The zero-order chi connectivity index (χ0) is 16.2. The molecule has 5 heteroatoms. The van der Waals surface area contributed by atoms with Gasteiger partial charge >= 0.3 is 0 Å². The summed E-state index contributed by atoms with van der Waals surface area (Å²) in [5.41, 5.74) is 1.76. The van der Waals surface area contributed by atoms with Gasteiger partial charge in [0.1, 0.15) is 5.69 Å². The third-order valence-corrected chi connectivity index (χ3v) is 5.08. The third-order valence-electron chi connectivity index (χ3n) is 3.69. The van der Waals surface area contributed by atoms with Crippen LogP contribution in [-0.2, 0) is 6.54 Å². The maximum absolute atomic E-state index is 12.6. The van der Waals surface area contributed by atoms with Gasteiger partial charge in [0.25, 0.3) is 5.91 Å². The summed E-state index contributed by atoms with van der Waals surface area (Å²) in [6.07, 6.45) is 1.94. The molecule has 2 aromatic heterocycles. The zero-order valence-electron chi connectivity index (χ0n) is 12.7. The standard InChI is InChI=1S/C18H17BrN2OS/c1-13(14-6-8-15(19)9-7-14)20-18(22)17-5-2-10-21(17)12-16-4-3-11-23-16/h2-11,13H,12H2,1H3,(H,20,22). The molecular weight excluding hydrogens is 372 g/mol. The van der Waals surface area contributed by atoms with Gasteiger partial charge in [-0.25, -0.2) is 0 Å². The van der Waals surface area contributed by atoms with E-state index in [0.717, 1.165) is 16.6 Å². The van der Waals surface area contributed by atoms with Crippen molar-refractivity contribution in [3.8, 4) is 0 Å². The fraction of sp³-hybridized carbons (Fsp3) is 0.167. The molecule has 1 amide bonds. The molecule has 0 bridgehead atoms. The summed E-state index contributed by atoms with van der Waals surface area (Å²) in [5.74, 6) is -0.0537. The number of amides is 1. The first-order valence-corrected chi connectivity index (χ1v) is 9.04. The van der Waals surface area contributed by atoms with Crippen molar-refractivity contribution in [1.29, 1.82) is 0 Å². The Morgan fingerprint density at radius 2 is 2.00 bits per heavy atom. The SMILES string of the molecule is CC(NC(=O)c1cccn1Cc1cccs1)c1ccc(Br)cc1. The number of rotatable bonds is 5. The summed E-state index contributed by atoms with van der Waals surface area (Å²) in [4.78, 5) is 13.8. The highest BCUT2D eigenvalue weighted by Crippen LogP contribution is 2.18.